The summed E-state index contributed by atoms with van der Waals surface area (Å²) in [6.07, 6.45) is 60.0. The average molecular weight is 871 g/mol. The van der Waals surface area contributed by atoms with Gasteiger partial charge in [0.2, 0.25) is 0 Å². The molecule has 0 aromatic heterocycles. The van der Waals surface area contributed by atoms with Gasteiger partial charge in [0, 0.05) is 19.3 Å². The van der Waals surface area contributed by atoms with Crippen molar-refractivity contribution >= 4 is 17.9 Å². The minimum atomic E-state index is -0.783. The topological polar surface area (TPSA) is 78.9 Å². The second-order valence-corrected chi connectivity index (χ2v) is 18.1. The molecule has 0 N–H and O–H groups in total. The van der Waals surface area contributed by atoms with Crippen molar-refractivity contribution < 1.29 is 28.6 Å². The van der Waals surface area contributed by atoms with E-state index < -0.39 is 6.10 Å². The molecular formula is C56H102O6. The first kappa shape index (κ1) is 59.6. The number of ether oxygens (including phenoxy) is 3. The first-order chi connectivity index (χ1) is 30.5. The molecule has 0 rings (SSSR count). The van der Waals surface area contributed by atoms with Crippen LogP contribution in [0.15, 0.2) is 36.5 Å². The molecule has 0 saturated carbocycles. The van der Waals surface area contributed by atoms with Crippen LogP contribution in [-0.2, 0) is 28.6 Å². The van der Waals surface area contributed by atoms with Gasteiger partial charge in [-0.2, -0.15) is 0 Å². The number of rotatable bonds is 49. The maximum atomic E-state index is 12.8. The standard InChI is InChI=1S/C56H102O6/c1-4-7-10-13-16-19-21-23-25-27-29-30-32-34-37-40-43-46-49-55(58)61-52-53(51-60-54(57)48-45-42-39-36-18-15-12-9-6-3)62-56(59)50-47-44-41-38-35-33-31-28-26-24-22-20-17-14-11-8-5-2/h17,20,24,26,36,39,53H,4-16,18-19,21-23,25,27-35,37-38,40-52H2,1-3H3/b20-17-,26-24-,39-36-. The molecule has 0 aliphatic carbocycles. The maximum Gasteiger partial charge on any atom is 0.306 e. The number of esters is 3. The first-order valence-electron chi connectivity index (χ1n) is 27.0. The molecule has 6 nitrogen and oxygen atoms in total. The van der Waals surface area contributed by atoms with Crippen LogP contribution in [0.4, 0.5) is 0 Å². The summed E-state index contributed by atoms with van der Waals surface area (Å²) in [6.45, 7) is 6.58. The monoisotopic (exact) mass is 871 g/mol. The van der Waals surface area contributed by atoms with Gasteiger partial charge in [0.15, 0.2) is 6.10 Å². The van der Waals surface area contributed by atoms with Crippen LogP contribution in [0.2, 0.25) is 0 Å². The highest BCUT2D eigenvalue weighted by molar-refractivity contribution is 5.71. The highest BCUT2D eigenvalue weighted by atomic mass is 16.6. The normalized spacial score (nSPS) is 12.2. The van der Waals surface area contributed by atoms with Gasteiger partial charge in [-0.25, -0.2) is 0 Å². The lowest BCUT2D eigenvalue weighted by atomic mass is 10.0. The zero-order valence-electron chi connectivity index (χ0n) is 41.4. The Morgan fingerprint density at radius 1 is 0.323 bits per heavy atom. The van der Waals surface area contributed by atoms with Crippen molar-refractivity contribution in [2.24, 2.45) is 0 Å². The van der Waals surface area contributed by atoms with Crippen LogP contribution >= 0.6 is 0 Å². The maximum absolute atomic E-state index is 12.8. The van der Waals surface area contributed by atoms with Crippen molar-refractivity contribution in [2.75, 3.05) is 13.2 Å². The van der Waals surface area contributed by atoms with Crippen LogP contribution in [0.1, 0.15) is 284 Å². The highest BCUT2D eigenvalue weighted by Crippen LogP contribution is 2.16. The smallest absolute Gasteiger partial charge is 0.306 e. The van der Waals surface area contributed by atoms with Crippen molar-refractivity contribution in [3.05, 3.63) is 36.5 Å². The molecule has 6 heteroatoms. The van der Waals surface area contributed by atoms with Crippen LogP contribution in [0, 0.1) is 0 Å². The summed E-state index contributed by atoms with van der Waals surface area (Å²) in [7, 11) is 0. The summed E-state index contributed by atoms with van der Waals surface area (Å²) in [4.78, 5) is 37.9. The van der Waals surface area contributed by atoms with Gasteiger partial charge < -0.3 is 14.2 Å². The van der Waals surface area contributed by atoms with Gasteiger partial charge in [-0.15, -0.1) is 0 Å². The zero-order valence-corrected chi connectivity index (χ0v) is 41.4. The molecule has 0 aliphatic rings. The summed E-state index contributed by atoms with van der Waals surface area (Å²) in [6, 6.07) is 0. The van der Waals surface area contributed by atoms with Gasteiger partial charge in [-0.05, 0) is 70.6 Å². The number of hydrogen-bond acceptors (Lipinski definition) is 6. The van der Waals surface area contributed by atoms with Crippen molar-refractivity contribution in [3.63, 3.8) is 0 Å². The highest BCUT2D eigenvalue weighted by Gasteiger charge is 2.19. The predicted molar refractivity (Wildman–Crippen MR) is 266 cm³/mol. The lowest BCUT2D eigenvalue weighted by Crippen LogP contribution is -2.30. The summed E-state index contributed by atoms with van der Waals surface area (Å²) < 4.78 is 16.8. The number of allylic oxidation sites excluding steroid dienone is 6. The second kappa shape index (κ2) is 51.3. The van der Waals surface area contributed by atoms with Crippen LogP contribution in [-0.4, -0.2) is 37.2 Å². The van der Waals surface area contributed by atoms with Gasteiger partial charge in [-0.1, -0.05) is 231 Å². The molecule has 1 atom stereocenters. The minimum Gasteiger partial charge on any atom is -0.462 e. The summed E-state index contributed by atoms with van der Waals surface area (Å²) in [5.74, 6) is -0.914. The van der Waals surface area contributed by atoms with Crippen molar-refractivity contribution in [3.8, 4) is 0 Å². The molecule has 62 heavy (non-hydrogen) atoms. The Labute approximate surface area is 385 Å². The van der Waals surface area contributed by atoms with Crippen molar-refractivity contribution in [1.29, 1.82) is 0 Å². The molecule has 0 aliphatic heterocycles. The third-order valence-corrected chi connectivity index (χ3v) is 11.9. The van der Waals surface area contributed by atoms with Crippen LogP contribution < -0.4 is 0 Å². The molecule has 0 saturated heterocycles. The molecule has 0 heterocycles. The molecule has 0 bridgehead atoms. The average Bonchev–Trinajstić information content (AvgIpc) is 3.27. The molecule has 362 valence electrons. The zero-order chi connectivity index (χ0) is 45.1. The van der Waals surface area contributed by atoms with E-state index in [1.54, 1.807) is 0 Å². The molecule has 0 radical (unpaired) electrons. The summed E-state index contributed by atoms with van der Waals surface area (Å²) >= 11 is 0. The molecule has 0 fully saturated rings. The molecular weight excluding hydrogens is 769 g/mol. The van der Waals surface area contributed by atoms with E-state index in [0.717, 1.165) is 70.6 Å². The Morgan fingerprint density at radius 3 is 1.02 bits per heavy atom. The van der Waals surface area contributed by atoms with Crippen molar-refractivity contribution in [1.82, 2.24) is 0 Å². The van der Waals surface area contributed by atoms with Crippen molar-refractivity contribution in [2.45, 2.75) is 290 Å². The molecule has 0 spiro atoms. The number of hydrogen-bond donors (Lipinski definition) is 0. The lowest BCUT2D eigenvalue weighted by molar-refractivity contribution is -0.167. The molecule has 0 amide bonds. The minimum absolute atomic E-state index is 0.0807. The Bertz CT molecular complexity index is 1050. The Hall–Kier alpha value is -2.37. The lowest BCUT2D eigenvalue weighted by Gasteiger charge is -2.18. The fourth-order valence-corrected chi connectivity index (χ4v) is 7.77. The van der Waals surface area contributed by atoms with E-state index in [0.29, 0.717) is 19.3 Å². The Kier molecular flexibility index (Phi) is 49.3. The van der Waals surface area contributed by atoms with Gasteiger partial charge in [-0.3, -0.25) is 14.4 Å². The summed E-state index contributed by atoms with van der Waals surface area (Å²) in [5.41, 5.74) is 0. The number of unbranched alkanes of at least 4 members (excludes halogenated alkanes) is 32. The first-order valence-corrected chi connectivity index (χ1v) is 27.0. The fraction of sp³-hybridized carbons (Fsp3) is 0.839. The third-order valence-electron chi connectivity index (χ3n) is 11.9. The Morgan fingerprint density at radius 2 is 0.597 bits per heavy atom. The quantitative estimate of drug-likeness (QED) is 0.0262. The van der Waals surface area contributed by atoms with Gasteiger partial charge in [0.1, 0.15) is 13.2 Å². The Balaban J connectivity index is 4.29. The van der Waals surface area contributed by atoms with Gasteiger partial charge >= 0.3 is 17.9 Å². The molecule has 0 aromatic rings. The molecule has 1 unspecified atom stereocenters. The van der Waals surface area contributed by atoms with Gasteiger partial charge in [0.25, 0.3) is 0 Å². The largest absolute Gasteiger partial charge is 0.462 e. The number of carbonyl (C=O) groups excluding carboxylic acids is 3. The predicted octanol–water partition coefficient (Wildman–Crippen LogP) is 17.7. The van der Waals surface area contributed by atoms with Crippen LogP contribution in [0.25, 0.3) is 0 Å². The fourth-order valence-electron chi connectivity index (χ4n) is 7.77. The van der Waals surface area contributed by atoms with E-state index in [2.05, 4.69) is 57.2 Å². The van der Waals surface area contributed by atoms with Crippen LogP contribution in [0.5, 0.6) is 0 Å². The second-order valence-electron chi connectivity index (χ2n) is 18.1. The van der Waals surface area contributed by atoms with E-state index in [9.17, 15) is 14.4 Å². The van der Waals surface area contributed by atoms with Gasteiger partial charge in [0.05, 0.1) is 0 Å². The van der Waals surface area contributed by atoms with E-state index >= 15 is 0 Å². The van der Waals surface area contributed by atoms with Crippen LogP contribution in [0.3, 0.4) is 0 Å². The third kappa shape index (κ3) is 48.7. The van der Waals surface area contributed by atoms with E-state index in [-0.39, 0.29) is 31.1 Å². The van der Waals surface area contributed by atoms with E-state index in [4.69, 9.17) is 14.2 Å². The molecule has 0 aromatic carbocycles. The SMILES string of the molecule is CCCCC/C=C\C/C=C\CCCCCCCCCC(=O)OC(COC(=O)CCC/C=C\CCCCCC)COC(=O)CCCCCCCCCCCCCCCCCCCC. The number of carbonyl (C=O) groups is 3. The summed E-state index contributed by atoms with van der Waals surface area (Å²) in [5, 5.41) is 0. The van der Waals surface area contributed by atoms with E-state index in [1.807, 2.05) is 0 Å². The van der Waals surface area contributed by atoms with E-state index in [1.165, 1.54) is 173 Å².